The van der Waals surface area contributed by atoms with Crippen molar-refractivity contribution in [2.45, 2.75) is 33.2 Å². The molecule has 0 saturated carbocycles. The lowest BCUT2D eigenvalue weighted by molar-refractivity contribution is 0.0931. The fraction of sp³-hybridized carbons (Fsp3) is 0.273. The Bertz CT molecular complexity index is 946. The van der Waals surface area contributed by atoms with Gasteiger partial charge >= 0.3 is 0 Å². The van der Waals surface area contributed by atoms with E-state index in [0.29, 0.717) is 5.69 Å². The standard InChI is InChI=1S/C22H25N3O2/c1-5-16(3)23-22(26)21-14-20(17-9-7-11-19(13-17)27-4)24-25(21)18-10-6-8-15(2)12-18/h6-14,16H,5H2,1-4H3,(H,23,26)/t16-/m1/s1. The summed E-state index contributed by atoms with van der Waals surface area (Å²) in [4.78, 5) is 12.9. The third-order valence-electron chi connectivity index (χ3n) is 4.54. The molecule has 0 fully saturated rings. The number of rotatable bonds is 6. The molecule has 0 aliphatic carbocycles. The van der Waals surface area contributed by atoms with Crippen molar-refractivity contribution in [3.63, 3.8) is 0 Å². The highest BCUT2D eigenvalue weighted by molar-refractivity contribution is 5.94. The van der Waals surface area contributed by atoms with Crippen LogP contribution in [0.2, 0.25) is 0 Å². The Kier molecular flexibility index (Phi) is 5.60. The van der Waals surface area contributed by atoms with Crippen molar-refractivity contribution >= 4 is 5.91 Å². The maximum atomic E-state index is 12.9. The third-order valence-corrected chi connectivity index (χ3v) is 4.54. The summed E-state index contributed by atoms with van der Waals surface area (Å²) in [5.74, 6) is 0.621. The Morgan fingerprint density at radius 2 is 1.96 bits per heavy atom. The minimum absolute atomic E-state index is 0.0960. The van der Waals surface area contributed by atoms with Crippen molar-refractivity contribution in [2.24, 2.45) is 0 Å². The lowest BCUT2D eigenvalue weighted by atomic mass is 10.1. The minimum Gasteiger partial charge on any atom is -0.497 e. The molecule has 0 aliphatic rings. The van der Waals surface area contributed by atoms with E-state index in [2.05, 4.69) is 5.32 Å². The lowest BCUT2D eigenvalue weighted by Gasteiger charge is -2.12. The Morgan fingerprint density at radius 3 is 2.67 bits per heavy atom. The monoisotopic (exact) mass is 363 g/mol. The Hall–Kier alpha value is -3.08. The van der Waals surface area contributed by atoms with Crippen LogP contribution in [-0.4, -0.2) is 28.8 Å². The van der Waals surface area contributed by atoms with Crippen LogP contribution in [0.25, 0.3) is 16.9 Å². The van der Waals surface area contributed by atoms with Crippen LogP contribution < -0.4 is 10.1 Å². The summed E-state index contributed by atoms with van der Waals surface area (Å²) < 4.78 is 7.02. The number of nitrogens with one attached hydrogen (secondary N) is 1. The fourth-order valence-electron chi connectivity index (χ4n) is 2.82. The zero-order valence-electron chi connectivity index (χ0n) is 16.2. The van der Waals surface area contributed by atoms with Gasteiger partial charge in [0, 0.05) is 11.6 Å². The number of carbonyl (C=O) groups is 1. The van der Waals surface area contributed by atoms with Gasteiger partial charge in [-0.15, -0.1) is 0 Å². The average molecular weight is 363 g/mol. The number of nitrogens with zero attached hydrogens (tertiary/aromatic N) is 2. The second-order valence-corrected chi connectivity index (χ2v) is 6.68. The van der Waals surface area contributed by atoms with Crippen LogP contribution in [0.3, 0.4) is 0 Å². The zero-order chi connectivity index (χ0) is 19.4. The second kappa shape index (κ2) is 8.08. The van der Waals surface area contributed by atoms with Gasteiger partial charge in [-0.1, -0.05) is 31.2 Å². The van der Waals surface area contributed by atoms with Gasteiger partial charge in [-0.3, -0.25) is 4.79 Å². The summed E-state index contributed by atoms with van der Waals surface area (Å²) in [7, 11) is 1.63. The van der Waals surface area contributed by atoms with Crippen LogP contribution in [0.15, 0.2) is 54.6 Å². The number of hydrogen-bond acceptors (Lipinski definition) is 3. The van der Waals surface area contributed by atoms with Gasteiger partial charge in [0.1, 0.15) is 11.4 Å². The maximum absolute atomic E-state index is 12.9. The molecule has 3 rings (SSSR count). The summed E-state index contributed by atoms with van der Waals surface area (Å²) in [6.07, 6.45) is 0.868. The van der Waals surface area contributed by atoms with E-state index in [0.717, 1.165) is 34.7 Å². The van der Waals surface area contributed by atoms with Crippen molar-refractivity contribution in [2.75, 3.05) is 7.11 Å². The number of carbonyl (C=O) groups excluding carboxylic acids is 1. The molecule has 27 heavy (non-hydrogen) atoms. The van der Waals surface area contributed by atoms with Gasteiger partial charge in [0.25, 0.3) is 5.91 Å². The van der Waals surface area contributed by atoms with Crippen molar-refractivity contribution in [3.05, 3.63) is 65.9 Å². The molecule has 1 aromatic heterocycles. The van der Waals surface area contributed by atoms with Gasteiger partial charge < -0.3 is 10.1 Å². The van der Waals surface area contributed by atoms with Gasteiger partial charge in [0.2, 0.25) is 0 Å². The highest BCUT2D eigenvalue weighted by Crippen LogP contribution is 2.25. The first kappa shape index (κ1) is 18.7. The van der Waals surface area contributed by atoms with Crippen LogP contribution in [0.5, 0.6) is 5.75 Å². The molecule has 140 valence electrons. The largest absolute Gasteiger partial charge is 0.497 e. The first-order valence-corrected chi connectivity index (χ1v) is 9.14. The molecule has 5 nitrogen and oxygen atoms in total. The number of methoxy groups -OCH3 is 1. The van der Waals surface area contributed by atoms with E-state index < -0.39 is 0 Å². The quantitative estimate of drug-likeness (QED) is 0.707. The maximum Gasteiger partial charge on any atom is 0.270 e. The predicted molar refractivity (Wildman–Crippen MR) is 108 cm³/mol. The predicted octanol–water partition coefficient (Wildman–Crippen LogP) is 4.38. The van der Waals surface area contributed by atoms with Gasteiger partial charge in [0.15, 0.2) is 0 Å². The van der Waals surface area contributed by atoms with E-state index in [9.17, 15) is 4.79 Å². The molecule has 0 saturated heterocycles. The number of aromatic nitrogens is 2. The first-order valence-electron chi connectivity index (χ1n) is 9.14. The van der Waals surface area contributed by atoms with E-state index in [1.807, 2.05) is 75.4 Å². The fourth-order valence-corrected chi connectivity index (χ4v) is 2.82. The number of hydrogen-bond donors (Lipinski definition) is 1. The van der Waals surface area contributed by atoms with E-state index in [-0.39, 0.29) is 11.9 Å². The number of amides is 1. The Labute approximate surface area is 160 Å². The van der Waals surface area contributed by atoms with Crippen LogP contribution in [-0.2, 0) is 0 Å². The smallest absolute Gasteiger partial charge is 0.270 e. The van der Waals surface area contributed by atoms with Gasteiger partial charge in [-0.2, -0.15) is 5.10 Å². The topological polar surface area (TPSA) is 56.1 Å². The van der Waals surface area contributed by atoms with Crippen LogP contribution >= 0.6 is 0 Å². The summed E-state index contributed by atoms with van der Waals surface area (Å²) in [5, 5.41) is 7.76. The molecule has 0 aliphatic heterocycles. The molecule has 1 heterocycles. The minimum atomic E-state index is -0.132. The highest BCUT2D eigenvalue weighted by atomic mass is 16.5. The highest BCUT2D eigenvalue weighted by Gasteiger charge is 2.19. The molecule has 3 aromatic rings. The molecule has 0 unspecified atom stereocenters. The zero-order valence-corrected chi connectivity index (χ0v) is 16.2. The summed E-state index contributed by atoms with van der Waals surface area (Å²) in [6, 6.07) is 17.6. The molecule has 2 aromatic carbocycles. The average Bonchev–Trinajstić information content (AvgIpc) is 3.13. The van der Waals surface area contributed by atoms with E-state index in [4.69, 9.17) is 9.84 Å². The van der Waals surface area contributed by atoms with Gasteiger partial charge in [0.05, 0.1) is 18.5 Å². The normalized spacial score (nSPS) is 11.9. The SMILES string of the molecule is CC[C@@H](C)NC(=O)c1cc(-c2cccc(OC)c2)nn1-c1cccc(C)c1. The summed E-state index contributed by atoms with van der Waals surface area (Å²) in [5.41, 5.74) is 4.11. The van der Waals surface area contributed by atoms with E-state index in [1.165, 1.54) is 0 Å². The Morgan fingerprint density at radius 1 is 1.19 bits per heavy atom. The summed E-state index contributed by atoms with van der Waals surface area (Å²) >= 11 is 0. The van der Waals surface area contributed by atoms with Crippen LogP contribution in [0.4, 0.5) is 0 Å². The molecular weight excluding hydrogens is 338 g/mol. The molecule has 1 N–H and O–H groups in total. The second-order valence-electron chi connectivity index (χ2n) is 6.68. The van der Waals surface area contributed by atoms with Crippen LogP contribution in [0, 0.1) is 6.92 Å². The number of aryl methyl sites for hydroxylation is 1. The first-order chi connectivity index (χ1) is 13.0. The molecule has 0 spiro atoms. The van der Waals surface area contributed by atoms with E-state index >= 15 is 0 Å². The summed E-state index contributed by atoms with van der Waals surface area (Å²) in [6.45, 7) is 6.06. The van der Waals surface area contributed by atoms with Gasteiger partial charge in [-0.25, -0.2) is 4.68 Å². The van der Waals surface area contributed by atoms with E-state index in [1.54, 1.807) is 11.8 Å². The van der Waals surface area contributed by atoms with Crippen LogP contribution in [0.1, 0.15) is 36.3 Å². The number of benzene rings is 2. The van der Waals surface area contributed by atoms with Crippen molar-refractivity contribution in [1.82, 2.24) is 15.1 Å². The molecule has 5 heteroatoms. The Balaban J connectivity index is 2.09. The molecule has 1 atom stereocenters. The molecule has 0 radical (unpaired) electrons. The van der Waals surface area contributed by atoms with Crippen molar-refractivity contribution < 1.29 is 9.53 Å². The molecule has 1 amide bonds. The lowest BCUT2D eigenvalue weighted by Crippen LogP contribution is -2.33. The van der Waals surface area contributed by atoms with Crippen molar-refractivity contribution in [1.29, 1.82) is 0 Å². The molecular formula is C22H25N3O2. The van der Waals surface area contributed by atoms with Crippen molar-refractivity contribution in [3.8, 4) is 22.7 Å². The molecule has 0 bridgehead atoms. The van der Waals surface area contributed by atoms with Gasteiger partial charge in [-0.05, 0) is 56.2 Å². The number of ether oxygens (including phenoxy) is 1. The third kappa shape index (κ3) is 4.19.